The lowest BCUT2D eigenvalue weighted by Crippen LogP contribution is -3.00. The second-order valence-electron chi connectivity index (χ2n) is 8.99. The number of carbonyl (C=O) groups excluding carboxylic acids is 2. The third-order valence-electron chi connectivity index (χ3n) is 7.06. The second-order valence-corrected chi connectivity index (χ2v) is 12.6. The number of ether oxygens (including phenoxy) is 1. The predicted octanol–water partition coefficient (Wildman–Crippen LogP) is 0.592. The summed E-state index contributed by atoms with van der Waals surface area (Å²) in [6, 6.07) is 31.7. The highest BCUT2D eigenvalue weighted by atomic mass is 79.9. The molecule has 5 rings (SSSR count). The Balaban J connectivity index is 0.00000304. The quantitative estimate of drug-likeness (QED) is 0.312. The molecule has 0 aliphatic carbocycles. The van der Waals surface area contributed by atoms with Gasteiger partial charge in [-0.3, -0.25) is 4.79 Å². The molecule has 2 amide bonds. The van der Waals surface area contributed by atoms with Crippen molar-refractivity contribution in [3.05, 3.63) is 104 Å². The van der Waals surface area contributed by atoms with Crippen molar-refractivity contribution in [3.63, 3.8) is 0 Å². The van der Waals surface area contributed by atoms with Gasteiger partial charge in [0.2, 0.25) is 0 Å². The number of hydrogen-bond acceptors (Lipinski definition) is 3. The standard InChI is InChI=1S/C29H30N2O3P.BrH/c1-2-20-34-29(33)30-21-23(22-30)31-19-18-27(28(31)32)35(24-12-6-3-7-13-24,25-14-8-4-9-15-25)26-16-10-5-11-17-26;/h2-17,23,27H,1,18-22H2;1H/q+1;/p-1/t27-;/m1./s1. The van der Waals surface area contributed by atoms with Crippen LogP contribution in [0.4, 0.5) is 4.79 Å². The van der Waals surface area contributed by atoms with E-state index in [1.165, 1.54) is 15.9 Å². The highest BCUT2D eigenvalue weighted by molar-refractivity contribution is 7.96. The van der Waals surface area contributed by atoms with Crippen molar-refractivity contribution in [1.29, 1.82) is 0 Å². The summed E-state index contributed by atoms with van der Waals surface area (Å²) in [4.78, 5) is 30.0. The topological polar surface area (TPSA) is 49.9 Å². The van der Waals surface area contributed by atoms with Gasteiger partial charge < -0.3 is 31.5 Å². The van der Waals surface area contributed by atoms with Crippen molar-refractivity contribution in [2.75, 3.05) is 26.2 Å². The summed E-state index contributed by atoms with van der Waals surface area (Å²) in [7, 11) is -2.28. The van der Waals surface area contributed by atoms with E-state index in [4.69, 9.17) is 4.74 Å². The number of hydrogen-bond donors (Lipinski definition) is 0. The van der Waals surface area contributed by atoms with Gasteiger partial charge in [-0.15, -0.1) is 0 Å². The number of amides is 2. The lowest BCUT2D eigenvalue weighted by molar-refractivity contribution is -0.132. The zero-order chi connectivity index (χ0) is 24.3. The van der Waals surface area contributed by atoms with E-state index in [1.807, 2.05) is 23.1 Å². The molecule has 0 saturated carbocycles. The van der Waals surface area contributed by atoms with Crippen LogP contribution in [0.3, 0.4) is 0 Å². The molecule has 36 heavy (non-hydrogen) atoms. The van der Waals surface area contributed by atoms with Crippen LogP contribution in [0.15, 0.2) is 104 Å². The Morgan fingerprint density at radius 2 is 1.36 bits per heavy atom. The van der Waals surface area contributed by atoms with E-state index in [0.717, 1.165) is 6.42 Å². The number of likely N-dealkylation sites (tertiary alicyclic amines) is 2. The Morgan fingerprint density at radius 1 is 0.889 bits per heavy atom. The van der Waals surface area contributed by atoms with Gasteiger partial charge >= 0.3 is 6.09 Å². The predicted molar refractivity (Wildman–Crippen MR) is 142 cm³/mol. The normalized spacial score (nSPS) is 17.8. The number of halogens is 1. The Bertz CT molecular complexity index is 1090. The minimum atomic E-state index is -2.28. The fourth-order valence-electron chi connectivity index (χ4n) is 5.41. The lowest BCUT2D eigenvalue weighted by Gasteiger charge is -2.43. The van der Waals surface area contributed by atoms with Gasteiger partial charge in [-0.2, -0.15) is 0 Å². The van der Waals surface area contributed by atoms with Crippen LogP contribution < -0.4 is 32.9 Å². The smallest absolute Gasteiger partial charge is 0.410 e. The molecule has 3 aromatic rings. The molecule has 0 spiro atoms. The number of benzene rings is 3. The molecular formula is C29H30BrN2O3P. The first kappa shape index (κ1) is 26.1. The summed E-state index contributed by atoms with van der Waals surface area (Å²) in [5, 5.41) is 3.67. The van der Waals surface area contributed by atoms with Crippen molar-refractivity contribution in [2.45, 2.75) is 18.1 Å². The third kappa shape index (κ3) is 4.60. The van der Waals surface area contributed by atoms with Gasteiger partial charge in [-0.25, -0.2) is 4.79 Å². The van der Waals surface area contributed by atoms with Crippen molar-refractivity contribution in [2.24, 2.45) is 0 Å². The highest BCUT2D eigenvalue weighted by Crippen LogP contribution is 2.62. The maximum atomic E-state index is 14.2. The van der Waals surface area contributed by atoms with Crippen LogP contribution in [0.25, 0.3) is 0 Å². The first-order valence-corrected chi connectivity index (χ1v) is 13.9. The summed E-state index contributed by atoms with van der Waals surface area (Å²) in [5.41, 5.74) is -0.142. The molecule has 7 heteroatoms. The molecule has 0 N–H and O–H groups in total. The van der Waals surface area contributed by atoms with Crippen LogP contribution in [-0.4, -0.2) is 59.7 Å². The summed E-state index contributed by atoms with van der Waals surface area (Å²) in [5.74, 6) is 0.194. The summed E-state index contributed by atoms with van der Waals surface area (Å²) in [6.07, 6.45) is 2.01. The molecule has 1 atom stereocenters. The highest BCUT2D eigenvalue weighted by Gasteiger charge is 2.60. The number of nitrogens with zero attached hydrogens (tertiary/aromatic N) is 2. The van der Waals surface area contributed by atoms with E-state index in [0.29, 0.717) is 19.6 Å². The van der Waals surface area contributed by atoms with E-state index in [-0.39, 0.29) is 47.3 Å². The molecule has 0 unspecified atom stereocenters. The number of rotatable bonds is 7. The van der Waals surface area contributed by atoms with Crippen LogP contribution >= 0.6 is 7.26 Å². The Hall–Kier alpha value is -2.95. The van der Waals surface area contributed by atoms with Gasteiger partial charge in [0.1, 0.15) is 29.8 Å². The van der Waals surface area contributed by atoms with Crippen LogP contribution in [0.2, 0.25) is 0 Å². The molecule has 2 aliphatic rings. The molecular weight excluding hydrogens is 535 g/mol. The molecule has 0 bridgehead atoms. The first-order valence-electron chi connectivity index (χ1n) is 12.0. The molecule has 3 aromatic carbocycles. The average Bonchev–Trinajstić information content (AvgIpc) is 3.25. The molecule has 2 saturated heterocycles. The maximum Gasteiger partial charge on any atom is 0.410 e. The second kappa shape index (κ2) is 11.4. The van der Waals surface area contributed by atoms with E-state index < -0.39 is 7.26 Å². The van der Waals surface area contributed by atoms with Crippen LogP contribution in [0.5, 0.6) is 0 Å². The SMILES string of the molecule is C=CCOC(=O)N1CC(N2CC[C@@H]([P+](c3ccccc3)(c3ccccc3)c3ccccc3)C2=O)C1.[Br-]. The Kier molecular flexibility index (Phi) is 8.28. The van der Waals surface area contributed by atoms with Crippen molar-refractivity contribution < 1.29 is 31.3 Å². The maximum absolute atomic E-state index is 14.2. The minimum Gasteiger partial charge on any atom is -1.00 e. The summed E-state index contributed by atoms with van der Waals surface area (Å²) in [6.45, 7) is 5.52. The monoisotopic (exact) mass is 564 g/mol. The van der Waals surface area contributed by atoms with E-state index in [2.05, 4.69) is 79.4 Å². The van der Waals surface area contributed by atoms with E-state index >= 15 is 0 Å². The van der Waals surface area contributed by atoms with Gasteiger partial charge in [-0.1, -0.05) is 67.3 Å². The van der Waals surface area contributed by atoms with Crippen LogP contribution in [-0.2, 0) is 9.53 Å². The van der Waals surface area contributed by atoms with E-state index in [1.54, 1.807) is 11.0 Å². The van der Waals surface area contributed by atoms with Crippen LogP contribution in [0.1, 0.15) is 6.42 Å². The molecule has 2 heterocycles. The van der Waals surface area contributed by atoms with Gasteiger partial charge in [0.05, 0.1) is 6.04 Å². The Labute approximate surface area is 223 Å². The Morgan fingerprint density at radius 3 is 1.81 bits per heavy atom. The molecule has 2 aliphatic heterocycles. The van der Waals surface area contributed by atoms with Gasteiger partial charge in [-0.05, 0) is 36.4 Å². The summed E-state index contributed by atoms with van der Waals surface area (Å²) >= 11 is 0. The largest absolute Gasteiger partial charge is 1.00 e. The van der Waals surface area contributed by atoms with E-state index in [9.17, 15) is 9.59 Å². The molecule has 0 radical (unpaired) electrons. The zero-order valence-electron chi connectivity index (χ0n) is 20.1. The molecule has 2 fully saturated rings. The third-order valence-corrected chi connectivity index (χ3v) is 11.8. The van der Waals surface area contributed by atoms with Crippen molar-refractivity contribution in [3.8, 4) is 0 Å². The van der Waals surface area contributed by atoms with Gasteiger partial charge in [0.15, 0.2) is 5.66 Å². The lowest BCUT2D eigenvalue weighted by atomic mass is 10.1. The average molecular weight is 565 g/mol. The molecule has 186 valence electrons. The van der Waals surface area contributed by atoms with Gasteiger partial charge in [0, 0.05) is 26.1 Å². The van der Waals surface area contributed by atoms with Crippen molar-refractivity contribution >= 4 is 35.2 Å². The van der Waals surface area contributed by atoms with Gasteiger partial charge in [0.25, 0.3) is 5.91 Å². The number of carbonyl (C=O) groups is 2. The minimum absolute atomic E-state index is 0. The van der Waals surface area contributed by atoms with Crippen molar-refractivity contribution in [1.82, 2.24) is 9.80 Å². The molecule has 0 aromatic heterocycles. The summed E-state index contributed by atoms with van der Waals surface area (Å²) < 4.78 is 5.15. The fraction of sp³-hybridized carbons (Fsp3) is 0.241. The van der Waals surface area contributed by atoms with Crippen LogP contribution in [0, 0.1) is 0 Å². The molecule has 5 nitrogen and oxygen atoms in total. The fourth-order valence-corrected chi connectivity index (χ4v) is 10.3. The zero-order valence-corrected chi connectivity index (χ0v) is 22.6. The first-order chi connectivity index (χ1) is 17.2.